The fourth-order valence-electron chi connectivity index (χ4n) is 1.18. The lowest BCUT2D eigenvalue weighted by molar-refractivity contribution is 0.191. The van der Waals surface area contributed by atoms with Crippen molar-refractivity contribution in [1.82, 2.24) is 0 Å². The van der Waals surface area contributed by atoms with Gasteiger partial charge in [-0.1, -0.05) is 17.7 Å². The van der Waals surface area contributed by atoms with Crippen molar-refractivity contribution in [3.8, 4) is 18.9 Å². The average molecular weight is 291 g/mol. The normalized spacial score (nSPS) is 12.3. The molecular formula is C14H15ClN4O. The van der Waals surface area contributed by atoms with Gasteiger partial charge in [-0.05, 0) is 23.8 Å². The highest BCUT2D eigenvalue weighted by Gasteiger charge is 2.02. The molecule has 0 aliphatic rings. The molecule has 1 atom stereocenters. The number of aliphatic hydroxyl groups excluding tert-OH is 1. The van der Waals surface area contributed by atoms with Crippen LogP contribution in [0.3, 0.4) is 0 Å². The first-order valence-corrected chi connectivity index (χ1v) is 5.85. The predicted octanol–water partition coefficient (Wildman–Crippen LogP) is 1.11. The van der Waals surface area contributed by atoms with E-state index in [0.717, 1.165) is 0 Å². The Morgan fingerprint density at radius 3 is 2.70 bits per heavy atom. The second kappa shape index (κ2) is 9.60. The van der Waals surface area contributed by atoms with Crippen LogP contribution in [0.25, 0.3) is 5.70 Å². The molecule has 6 heteroatoms. The Hall–Kier alpha value is -2.31. The molecule has 0 fully saturated rings. The zero-order chi connectivity index (χ0) is 15.5. The van der Waals surface area contributed by atoms with Gasteiger partial charge in [-0.2, -0.15) is 5.26 Å². The third kappa shape index (κ3) is 6.03. The minimum atomic E-state index is -0.972. The van der Waals surface area contributed by atoms with Crippen molar-refractivity contribution in [3.63, 3.8) is 0 Å². The number of aliphatic imine (C=N–C) groups is 1. The molecule has 0 heterocycles. The van der Waals surface area contributed by atoms with Gasteiger partial charge in [0.2, 0.25) is 0 Å². The minimum absolute atomic E-state index is 0.109. The molecule has 0 aliphatic heterocycles. The van der Waals surface area contributed by atoms with E-state index < -0.39 is 6.23 Å². The van der Waals surface area contributed by atoms with Crippen molar-refractivity contribution in [1.29, 1.82) is 5.26 Å². The summed E-state index contributed by atoms with van der Waals surface area (Å²) in [6.07, 6.45) is 10.1. The zero-order valence-corrected chi connectivity index (χ0v) is 11.5. The van der Waals surface area contributed by atoms with Crippen LogP contribution in [-0.2, 0) is 0 Å². The van der Waals surface area contributed by atoms with Gasteiger partial charge >= 0.3 is 0 Å². The van der Waals surface area contributed by atoms with E-state index in [0.29, 0.717) is 21.8 Å². The first-order chi connectivity index (χ1) is 9.54. The molecule has 0 spiro atoms. The number of terminal acetylenes is 1. The van der Waals surface area contributed by atoms with Gasteiger partial charge < -0.3 is 16.6 Å². The number of benzene rings is 1. The molecule has 20 heavy (non-hydrogen) atoms. The Labute approximate surface area is 123 Å². The number of nitrogens with two attached hydrogens (primary N) is 2. The van der Waals surface area contributed by atoms with Gasteiger partial charge in [0.05, 0.1) is 17.1 Å². The highest BCUT2D eigenvalue weighted by molar-refractivity contribution is 6.31. The lowest BCUT2D eigenvalue weighted by Crippen LogP contribution is -2.21. The van der Waals surface area contributed by atoms with E-state index in [1.165, 1.54) is 6.21 Å². The summed E-state index contributed by atoms with van der Waals surface area (Å²) in [6, 6.07) is 6.87. The number of hydrogen-bond acceptors (Lipinski definition) is 5. The van der Waals surface area contributed by atoms with Crippen LogP contribution in [0.4, 0.5) is 0 Å². The number of hydrogen-bond donors (Lipinski definition) is 3. The third-order valence-electron chi connectivity index (χ3n) is 2.07. The maximum Gasteiger partial charge on any atom is 0.122 e. The number of nitrogens with zero attached hydrogens (tertiary/aromatic N) is 2. The summed E-state index contributed by atoms with van der Waals surface area (Å²) in [4.78, 5) is 3.85. The summed E-state index contributed by atoms with van der Waals surface area (Å²) in [5.74, 6) is 0. The molecule has 0 saturated carbocycles. The Morgan fingerprint density at radius 2 is 2.20 bits per heavy atom. The summed E-state index contributed by atoms with van der Waals surface area (Å²) in [6.45, 7) is 0.109. The molecule has 0 bridgehead atoms. The number of nitriles is 1. The molecule has 0 saturated heterocycles. The van der Waals surface area contributed by atoms with Gasteiger partial charge in [0.15, 0.2) is 0 Å². The second-order valence-electron chi connectivity index (χ2n) is 3.51. The van der Waals surface area contributed by atoms with Crippen molar-refractivity contribution in [3.05, 3.63) is 40.4 Å². The molecule has 104 valence electrons. The summed E-state index contributed by atoms with van der Waals surface area (Å²) in [7, 11) is 0. The minimum Gasteiger partial charge on any atom is -0.398 e. The van der Waals surface area contributed by atoms with Gasteiger partial charge in [0, 0.05) is 11.9 Å². The largest absolute Gasteiger partial charge is 0.398 e. The molecule has 1 aromatic rings. The van der Waals surface area contributed by atoms with Gasteiger partial charge in [0.25, 0.3) is 0 Å². The van der Waals surface area contributed by atoms with Crippen molar-refractivity contribution in [2.75, 3.05) is 6.54 Å². The molecule has 0 radical (unpaired) electrons. The highest BCUT2D eigenvalue weighted by atomic mass is 35.5. The standard InChI is InChI=1S/C12H13ClN4O.C2H2/c13-10-5-8(1-2-9(10)6-14)11(15)3-4-17-7-12(16)18;1-2/h1-5,12,18H,7,15-16H2;1-2H/b11-3-,17-4?;. The van der Waals surface area contributed by atoms with E-state index in [1.807, 2.05) is 6.07 Å². The topological polar surface area (TPSA) is 108 Å². The summed E-state index contributed by atoms with van der Waals surface area (Å²) >= 11 is 5.89. The van der Waals surface area contributed by atoms with Crippen LogP contribution in [0.5, 0.6) is 0 Å². The fraction of sp³-hybridized carbons (Fsp3) is 0.143. The highest BCUT2D eigenvalue weighted by Crippen LogP contribution is 2.19. The van der Waals surface area contributed by atoms with Crippen LogP contribution >= 0.6 is 11.6 Å². The quantitative estimate of drug-likeness (QED) is 0.438. The average Bonchev–Trinajstić information content (AvgIpc) is 2.45. The summed E-state index contributed by atoms with van der Waals surface area (Å²) in [5, 5.41) is 17.9. The van der Waals surface area contributed by atoms with Crippen LogP contribution in [-0.4, -0.2) is 24.1 Å². The van der Waals surface area contributed by atoms with Crippen LogP contribution in [0.2, 0.25) is 5.02 Å². The number of rotatable bonds is 4. The van der Waals surface area contributed by atoms with E-state index in [2.05, 4.69) is 17.8 Å². The Morgan fingerprint density at radius 1 is 1.55 bits per heavy atom. The van der Waals surface area contributed by atoms with E-state index in [4.69, 9.17) is 33.4 Å². The first-order valence-electron chi connectivity index (χ1n) is 5.47. The third-order valence-corrected chi connectivity index (χ3v) is 2.39. The Bertz CT molecular complexity index is 556. The van der Waals surface area contributed by atoms with Crippen LogP contribution in [0, 0.1) is 24.2 Å². The van der Waals surface area contributed by atoms with E-state index in [-0.39, 0.29) is 6.54 Å². The van der Waals surface area contributed by atoms with E-state index >= 15 is 0 Å². The van der Waals surface area contributed by atoms with Gasteiger partial charge in [-0.3, -0.25) is 4.99 Å². The Balaban J connectivity index is 0.00000172. The zero-order valence-electron chi connectivity index (χ0n) is 10.7. The molecule has 5 N–H and O–H groups in total. The smallest absolute Gasteiger partial charge is 0.122 e. The van der Waals surface area contributed by atoms with Gasteiger partial charge in [-0.15, -0.1) is 12.8 Å². The monoisotopic (exact) mass is 290 g/mol. The summed E-state index contributed by atoms with van der Waals surface area (Å²) < 4.78 is 0. The van der Waals surface area contributed by atoms with Crippen molar-refractivity contribution < 1.29 is 5.11 Å². The molecule has 1 rings (SSSR count). The molecule has 1 unspecified atom stereocenters. The summed E-state index contributed by atoms with van der Waals surface area (Å²) in [5.41, 5.74) is 12.5. The fourth-order valence-corrected chi connectivity index (χ4v) is 1.41. The molecule has 1 aromatic carbocycles. The van der Waals surface area contributed by atoms with Crippen molar-refractivity contribution >= 4 is 23.5 Å². The van der Waals surface area contributed by atoms with Gasteiger partial charge in [0.1, 0.15) is 12.3 Å². The van der Waals surface area contributed by atoms with E-state index in [1.54, 1.807) is 24.3 Å². The molecular weight excluding hydrogens is 276 g/mol. The number of allylic oxidation sites excluding steroid dienone is 1. The van der Waals surface area contributed by atoms with E-state index in [9.17, 15) is 0 Å². The lowest BCUT2D eigenvalue weighted by atomic mass is 10.1. The predicted molar refractivity (Wildman–Crippen MR) is 81.8 cm³/mol. The van der Waals surface area contributed by atoms with Crippen molar-refractivity contribution in [2.45, 2.75) is 6.23 Å². The first kappa shape index (κ1) is 17.7. The molecule has 0 aliphatic carbocycles. The maximum atomic E-state index is 8.79. The van der Waals surface area contributed by atoms with Crippen LogP contribution in [0.15, 0.2) is 29.3 Å². The molecule has 5 nitrogen and oxygen atoms in total. The number of halogens is 1. The van der Waals surface area contributed by atoms with Crippen molar-refractivity contribution in [2.24, 2.45) is 16.5 Å². The maximum absolute atomic E-state index is 8.79. The molecule has 0 amide bonds. The van der Waals surface area contributed by atoms with Crippen LogP contribution < -0.4 is 11.5 Å². The lowest BCUT2D eigenvalue weighted by Gasteiger charge is -2.02. The Kier molecular flexibility index (Phi) is 8.49. The number of aliphatic hydroxyl groups is 1. The second-order valence-corrected chi connectivity index (χ2v) is 3.92. The van der Waals surface area contributed by atoms with Gasteiger partial charge in [-0.25, -0.2) is 0 Å². The van der Waals surface area contributed by atoms with Crippen LogP contribution in [0.1, 0.15) is 11.1 Å². The molecule has 0 aromatic heterocycles. The SMILES string of the molecule is C#C.N#Cc1ccc(/C(N)=C/C=NCC(N)O)cc1Cl.